The van der Waals surface area contributed by atoms with Gasteiger partial charge in [0.15, 0.2) is 0 Å². The molecule has 3 saturated heterocycles. The van der Waals surface area contributed by atoms with Gasteiger partial charge in [-0.25, -0.2) is 9.97 Å². The molecule has 0 spiro atoms. The van der Waals surface area contributed by atoms with Gasteiger partial charge in [-0.05, 0) is 90.3 Å². The number of likely N-dealkylation sites (tertiary alicyclic amines) is 1. The number of amides is 3. The number of hydrogen-bond acceptors (Lipinski definition) is 9. The quantitative estimate of drug-likeness (QED) is 0.301. The molecule has 8 rings (SSSR count). The fourth-order valence-corrected chi connectivity index (χ4v) is 8.92. The fraction of sp³-hybridized carbons (Fsp3) is 0.513. The first-order valence-corrected chi connectivity index (χ1v) is 18.3. The topological polar surface area (TPSA) is 131 Å². The summed E-state index contributed by atoms with van der Waals surface area (Å²) in [5.41, 5.74) is 5.10. The van der Waals surface area contributed by atoms with E-state index in [1.165, 1.54) is 11.3 Å². The lowest BCUT2D eigenvalue weighted by Gasteiger charge is -2.34. The molecule has 262 valence electrons. The molecule has 2 unspecified atom stereocenters. The number of benzene rings is 2. The van der Waals surface area contributed by atoms with Gasteiger partial charge in [0.2, 0.25) is 17.8 Å². The standard InChI is InChI=1S/C39H47N7O4/c1-24(2)29-18-40-38(41-19-29)42-31-11-13-45(14-12-31)32-6-3-25(4-7-32)20-44-21-27-16-39(50,17-28(27)22-44)30-5-8-33-26(15-30)23-46(37(33)49)34-9-10-35(47)43-36(34)48/h3-8,15,18-19,24,27-28,31,34,50H,9-14,16-17,20-23H2,1-2H3,(H,40,41,42)(H,43,47,48)/t27-,28+,34?,39?. The van der Waals surface area contributed by atoms with E-state index in [1.807, 2.05) is 30.6 Å². The number of piperidine rings is 2. The van der Waals surface area contributed by atoms with Crippen molar-refractivity contribution in [2.24, 2.45) is 11.8 Å². The van der Waals surface area contributed by atoms with Gasteiger partial charge in [-0.1, -0.05) is 38.1 Å². The van der Waals surface area contributed by atoms with Gasteiger partial charge in [0.05, 0.1) is 5.60 Å². The fourth-order valence-electron chi connectivity index (χ4n) is 8.92. The third kappa shape index (κ3) is 6.37. The van der Waals surface area contributed by atoms with Crippen molar-refractivity contribution in [3.8, 4) is 0 Å². The van der Waals surface area contributed by atoms with Crippen LogP contribution in [0, 0.1) is 11.8 Å². The summed E-state index contributed by atoms with van der Waals surface area (Å²) in [4.78, 5) is 52.8. The van der Waals surface area contributed by atoms with Crippen molar-refractivity contribution in [2.75, 3.05) is 36.4 Å². The van der Waals surface area contributed by atoms with Gasteiger partial charge in [0.25, 0.3) is 5.91 Å². The minimum absolute atomic E-state index is 0.184. The third-order valence-corrected chi connectivity index (χ3v) is 11.8. The second-order valence-corrected chi connectivity index (χ2v) is 15.5. The molecular weight excluding hydrogens is 630 g/mol. The zero-order valence-electron chi connectivity index (χ0n) is 29.0. The van der Waals surface area contributed by atoms with Gasteiger partial charge < -0.3 is 20.2 Å². The molecular formula is C39H47N7O4. The Hall–Kier alpha value is -4.35. The number of imide groups is 1. The molecule has 4 aliphatic heterocycles. The van der Waals surface area contributed by atoms with Crippen LogP contribution in [0.2, 0.25) is 0 Å². The summed E-state index contributed by atoms with van der Waals surface area (Å²) < 4.78 is 0. The van der Waals surface area contributed by atoms with E-state index in [4.69, 9.17) is 0 Å². The lowest BCUT2D eigenvalue weighted by molar-refractivity contribution is -0.136. The molecule has 5 heterocycles. The van der Waals surface area contributed by atoms with Crippen LogP contribution in [0.3, 0.4) is 0 Å². The molecule has 4 fully saturated rings. The minimum Gasteiger partial charge on any atom is -0.385 e. The summed E-state index contributed by atoms with van der Waals surface area (Å²) in [7, 11) is 0. The lowest BCUT2D eigenvalue weighted by atomic mass is 9.88. The van der Waals surface area contributed by atoms with Crippen molar-refractivity contribution in [1.82, 2.24) is 25.1 Å². The van der Waals surface area contributed by atoms with Crippen molar-refractivity contribution in [3.05, 3.63) is 82.7 Å². The summed E-state index contributed by atoms with van der Waals surface area (Å²) in [5, 5.41) is 17.7. The molecule has 1 aromatic heterocycles. The van der Waals surface area contributed by atoms with Gasteiger partial charge in [-0.2, -0.15) is 0 Å². The van der Waals surface area contributed by atoms with E-state index < -0.39 is 17.6 Å². The van der Waals surface area contributed by atoms with Crippen molar-refractivity contribution >= 4 is 29.4 Å². The molecule has 50 heavy (non-hydrogen) atoms. The Kier molecular flexibility index (Phi) is 8.59. The Labute approximate surface area is 293 Å². The van der Waals surface area contributed by atoms with Gasteiger partial charge >= 0.3 is 0 Å². The Morgan fingerprint density at radius 3 is 2.32 bits per heavy atom. The first-order valence-electron chi connectivity index (χ1n) is 18.3. The molecule has 0 bridgehead atoms. The molecule has 3 amide bonds. The van der Waals surface area contributed by atoms with E-state index in [2.05, 4.69) is 68.5 Å². The number of nitrogens with zero attached hydrogens (tertiary/aromatic N) is 5. The third-order valence-electron chi connectivity index (χ3n) is 11.8. The molecule has 3 aromatic rings. The molecule has 0 radical (unpaired) electrons. The zero-order chi connectivity index (χ0) is 34.6. The predicted octanol–water partition coefficient (Wildman–Crippen LogP) is 4.17. The monoisotopic (exact) mass is 677 g/mol. The molecule has 2 aromatic carbocycles. The number of carbonyl (C=O) groups excluding carboxylic acids is 3. The number of carbonyl (C=O) groups is 3. The molecule has 3 N–H and O–H groups in total. The van der Waals surface area contributed by atoms with Crippen LogP contribution in [0.25, 0.3) is 0 Å². The number of aromatic nitrogens is 2. The highest BCUT2D eigenvalue weighted by Gasteiger charge is 2.49. The van der Waals surface area contributed by atoms with Gasteiger partial charge in [0, 0.05) is 75.4 Å². The highest BCUT2D eigenvalue weighted by Crippen LogP contribution is 2.49. The second kappa shape index (κ2) is 13.1. The Bertz CT molecular complexity index is 1760. The summed E-state index contributed by atoms with van der Waals surface area (Å²) in [6.45, 7) is 9.46. The number of rotatable bonds is 8. The van der Waals surface area contributed by atoms with Gasteiger partial charge in [-0.15, -0.1) is 0 Å². The van der Waals surface area contributed by atoms with Crippen LogP contribution in [0.5, 0.6) is 0 Å². The minimum atomic E-state index is -0.919. The normalized spacial score (nSPS) is 27.2. The average Bonchev–Trinajstić information content (AvgIpc) is 3.74. The molecule has 5 aliphatic rings. The van der Waals surface area contributed by atoms with E-state index in [9.17, 15) is 19.5 Å². The molecule has 1 saturated carbocycles. The van der Waals surface area contributed by atoms with E-state index >= 15 is 0 Å². The van der Waals surface area contributed by atoms with E-state index in [0.717, 1.165) is 62.3 Å². The van der Waals surface area contributed by atoms with Crippen LogP contribution < -0.4 is 15.5 Å². The maximum absolute atomic E-state index is 13.2. The van der Waals surface area contributed by atoms with Crippen LogP contribution in [-0.4, -0.2) is 80.9 Å². The SMILES string of the molecule is CC(C)c1cnc(NC2CCN(c3ccc(CN4C[C@@H]5CC(O)(c6ccc7c(c6)CN(C6CCC(=O)NC6=O)C7=O)C[C@@H]5C4)cc3)CC2)nc1. The van der Waals surface area contributed by atoms with Gasteiger partial charge in [-0.3, -0.25) is 24.6 Å². The van der Waals surface area contributed by atoms with Crippen molar-refractivity contribution in [2.45, 2.75) is 89.1 Å². The van der Waals surface area contributed by atoms with Crippen LogP contribution in [-0.2, 0) is 28.3 Å². The van der Waals surface area contributed by atoms with Crippen LogP contribution in [0.15, 0.2) is 54.9 Å². The van der Waals surface area contributed by atoms with E-state index in [1.54, 1.807) is 4.90 Å². The maximum atomic E-state index is 13.2. The molecule has 11 nitrogen and oxygen atoms in total. The predicted molar refractivity (Wildman–Crippen MR) is 189 cm³/mol. The number of fused-ring (bicyclic) bond motifs is 2. The average molecular weight is 678 g/mol. The first-order chi connectivity index (χ1) is 24.1. The van der Waals surface area contributed by atoms with Crippen LogP contribution in [0.1, 0.15) is 90.9 Å². The van der Waals surface area contributed by atoms with E-state index in [-0.39, 0.29) is 18.2 Å². The summed E-state index contributed by atoms with van der Waals surface area (Å²) >= 11 is 0. The highest BCUT2D eigenvalue weighted by molar-refractivity contribution is 6.05. The van der Waals surface area contributed by atoms with Crippen LogP contribution >= 0.6 is 0 Å². The second-order valence-electron chi connectivity index (χ2n) is 15.5. The number of hydrogen-bond donors (Lipinski definition) is 3. The Balaban J connectivity index is 0.820. The Morgan fingerprint density at radius 2 is 1.66 bits per heavy atom. The lowest BCUT2D eigenvalue weighted by Crippen LogP contribution is -2.52. The largest absolute Gasteiger partial charge is 0.385 e. The maximum Gasteiger partial charge on any atom is 0.255 e. The van der Waals surface area contributed by atoms with Gasteiger partial charge in [0.1, 0.15) is 6.04 Å². The smallest absolute Gasteiger partial charge is 0.255 e. The van der Waals surface area contributed by atoms with Crippen molar-refractivity contribution < 1.29 is 19.5 Å². The number of nitrogens with one attached hydrogen (secondary N) is 2. The first kappa shape index (κ1) is 32.8. The summed E-state index contributed by atoms with van der Waals surface area (Å²) in [6.07, 6.45) is 7.92. The molecule has 11 heteroatoms. The Morgan fingerprint density at radius 1 is 0.960 bits per heavy atom. The summed E-state index contributed by atoms with van der Waals surface area (Å²) in [5.74, 6) is 1.10. The highest BCUT2D eigenvalue weighted by atomic mass is 16.3. The van der Waals surface area contributed by atoms with Crippen LogP contribution in [0.4, 0.5) is 11.6 Å². The summed E-state index contributed by atoms with van der Waals surface area (Å²) in [6, 6.07) is 14.4. The molecule has 4 atom stereocenters. The van der Waals surface area contributed by atoms with E-state index in [0.29, 0.717) is 61.1 Å². The number of aliphatic hydroxyl groups is 1. The number of anilines is 2. The van der Waals surface area contributed by atoms with Crippen molar-refractivity contribution in [3.63, 3.8) is 0 Å². The zero-order valence-corrected chi connectivity index (χ0v) is 29.0. The molecule has 1 aliphatic carbocycles. The van der Waals surface area contributed by atoms with Crippen molar-refractivity contribution in [1.29, 1.82) is 0 Å².